The summed E-state index contributed by atoms with van der Waals surface area (Å²) >= 11 is 0. The molecule has 2 atom stereocenters. The molecule has 0 bridgehead atoms. The van der Waals surface area contributed by atoms with E-state index in [9.17, 15) is 20.1 Å². The van der Waals surface area contributed by atoms with E-state index in [4.69, 9.17) is 5.11 Å². The van der Waals surface area contributed by atoms with E-state index in [1.807, 2.05) is 26.0 Å². The molecule has 2 unspecified atom stereocenters. The van der Waals surface area contributed by atoms with E-state index in [1.54, 1.807) is 0 Å². The number of unbranched alkanes of at least 4 members (excludes halogenated alkanes) is 2. The van der Waals surface area contributed by atoms with E-state index in [0.29, 0.717) is 49.9 Å². The van der Waals surface area contributed by atoms with Crippen LogP contribution in [0.15, 0.2) is 24.3 Å². The summed E-state index contributed by atoms with van der Waals surface area (Å²) in [4.78, 5) is 10.9. The molecule has 0 aromatic heterocycles. The van der Waals surface area contributed by atoms with E-state index < -0.39 is 18.2 Å². The maximum Gasteiger partial charge on any atom is 0.303 e. The van der Waals surface area contributed by atoms with Crippen molar-refractivity contribution in [2.45, 2.75) is 77.4 Å². The Morgan fingerprint density at radius 1 is 0.893 bits per heavy atom. The highest BCUT2D eigenvalue weighted by molar-refractivity contribution is 5.66. The SMILES string of the molecule is C/C=C/CCCC(O)C[N+](CCO)(CCCC(=O)O)CC(O)CCC/C=C/C. The largest absolute Gasteiger partial charge is 0.481 e. The van der Waals surface area contributed by atoms with Crippen molar-refractivity contribution in [3.8, 4) is 0 Å². The zero-order valence-corrected chi connectivity index (χ0v) is 17.8. The highest BCUT2D eigenvalue weighted by Crippen LogP contribution is 2.17. The third kappa shape index (κ3) is 13.9. The lowest BCUT2D eigenvalue weighted by Crippen LogP contribution is -2.57. The van der Waals surface area contributed by atoms with Gasteiger partial charge in [0.1, 0.15) is 31.8 Å². The number of aliphatic carboxylic acids is 1. The average Bonchev–Trinajstić information content (AvgIpc) is 2.62. The summed E-state index contributed by atoms with van der Waals surface area (Å²) in [5.74, 6) is -0.846. The fourth-order valence-electron chi connectivity index (χ4n) is 3.68. The lowest BCUT2D eigenvalue weighted by Gasteiger charge is -2.41. The number of nitrogens with zero attached hydrogens (tertiary/aromatic N) is 1. The molecular formula is C22H42NO5+. The molecule has 0 aliphatic rings. The van der Waals surface area contributed by atoms with Gasteiger partial charge < -0.3 is 24.9 Å². The van der Waals surface area contributed by atoms with Gasteiger partial charge in [0.25, 0.3) is 0 Å². The van der Waals surface area contributed by atoms with E-state index in [2.05, 4.69) is 12.2 Å². The van der Waals surface area contributed by atoms with Gasteiger partial charge in [-0.05, 0) is 52.4 Å². The summed E-state index contributed by atoms with van der Waals surface area (Å²) in [6, 6.07) is 0. The number of hydrogen-bond acceptors (Lipinski definition) is 4. The Hall–Kier alpha value is -1.21. The zero-order chi connectivity index (χ0) is 21.3. The Balaban J connectivity index is 4.96. The summed E-state index contributed by atoms with van der Waals surface area (Å²) < 4.78 is 0.360. The molecule has 164 valence electrons. The lowest BCUT2D eigenvalue weighted by atomic mass is 10.1. The first-order valence-corrected chi connectivity index (χ1v) is 10.6. The van der Waals surface area contributed by atoms with Crippen molar-refractivity contribution in [2.75, 3.05) is 32.8 Å². The van der Waals surface area contributed by atoms with Gasteiger partial charge in [-0.25, -0.2) is 0 Å². The first kappa shape index (κ1) is 26.8. The first-order chi connectivity index (χ1) is 13.4. The second-order valence-corrected chi connectivity index (χ2v) is 7.68. The number of rotatable bonds is 18. The van der Waals surface area contributed by atoms with Gasteiger partial charge in [0.05, 0.1) is 19.6 Å². The number of carboxylic acids is 1. The summed E-state index contributed by atoms with van der Waals surface area (Å²) in [5.41, 5.74) is 0. The average molecular weight is 401 g/mol. The fraction of sp³-hybridized carbons (Fsp3) is 0.773. The molecule has 6 heteroatoms. The summed E-state index contributed by atoms with van der Waals surface area (Å²) in [7, 11) is 0. The zero-order valence-electron chi connectivity index (χ0n) is 17.8. The predicted molar refractivity (Wildman–Crippen MR) is 113 cm³/mol. The fourth-order valence-corrected chi connectivity index (χ4v) is 3.68. The quantitative estimate of drug-likeness (QED) is 0.161. The number of hydrogen-bond donors (Lipinski definition) is 4. The van der Waals surface area contributed by atoms with Crippen LogP contribution in [0.5, 0.6) is 0 Å². The maximum absolute atomic E-state index is 10.9. The van der Waals surface area contributed by atoms with Gasteiger partial charge >= 0.3 is 5.97 Å². The Morgan fingerprint density at radius 2 is 1.39 bits per heavy atom. The van der Waals surface area contributed by atoms with E-state index >= 15 is 0 Å². The van der Waals surface area contributed by atoms with Crippen molar-refractivity contribution < 1.29 is 29.7 Å². The monoisotopic (exact) mass is 400 g/mol. The Morgan fingerprint density at radius 3 is 1.79 bits per heavy atom. The molecule has 0 radical (unpaired) electrons. The van der Waals surface area contributed by atoms with Gasteiger partial charge in [-0.1, -0.05) is 24.3 Å². The standard InChI is InChI=1S/C22H41NO5/c1-3-5-7-9-12-20(25)18-23(16-17-24,15-11-14-22(27)28)19-21(26)13-10-8-6-4-2/h3-6,20-21,24-26H,7-19H2,1-2H3/p+1/b5-3+,6-4+. The first-order valence-electron chi connectivity index (χ1n) is 10.6. The van der Waals surface area contributed by atoms with Crippen LogP contribution in [0.25, 0.3) is 0 Å². The second kappa shape index (κ2) is 16.7. The van der Waals surface area contributed by atoms with Crippen LogP contribution >= 0.6 is 0 Å². The molecule has 0 aromatic carbocycles. The van der Waals surface area contributed by atoms with Gasteiger partial charge in [-0.15, -0.1) is 0 Å². The van der Waals surface area contributed by atoms with Gasteiger partial charge in [0.15, 0.2) is 0 Å². The number of aliphatic hydroxyl groups is 3. The van der Waals surface area contributed by atoms with Crippen LogP contribution in [0.2, 0.25) is 0 Å². The van der Waals surface area contributed by atoms with Gasteiger partial charge in [0, 0.05) is 6.42 Å². The normalized spacial score (nSPS) is 16.5. The molecule has 0 heterocycles. The molecule has 0 amide bonds. The van der Waals surface area contributed by atoms with Crippen molar-refractivity contribution in [1.29, 1.82) is 0 Å². The van der Waals surface area contributed by atoms with Crippen LogP contribution in [-0.2, 0) is 4.79 Å². The minimum atomic E-state index is -0.846. The lowest BCUT2D eigenvalue weighted by molar-refractivity contribution is -0.934. The summed E-state index contributed by atoms with van der Waals surface area (Å²) in [6.07, 6.45) is 12.5. The molecule has 28 heavy (non-hydrogen) atoms. The molecule has 0 aliphatic carbocycles. The molecule has 0 aliphatic heterocycles. The number of carbonyl (C=O) groups is 1. The Labute approximate surface area is 170 Å². The minimum Gasteiger partial charge on any atom is -0.481 e. The van der Waals surface area contributed by atoms with Crippen LogP contribution < -0.4 is 0 Å². The molecule has 6 nitrogen and oxygen atoms in total. The van der Waals surface area contributed by atoms with Crippen molar-refractivity contribution in [2.24, 2.45) is 0 Å². The number of allylic oxidation sites excluding steroid dienone is 4. The van der Waals surface area contributed by atoms with Crippen LogP contribution in [0, 0.1) is 0 Å². The molecule has 0 saturated heterocycles. The van der Waals surface area contributed by atoms with Crippen LogP contribution in [0.3, 0.4) is 0 Å². The molecule has 0 saturated carbocycles. The number of carboxylic acid groups (broad SMARTS) is 1. The minimum absolute atomic E-state index is 0.0519. The molecule has 0 spiro atoms. The van der Waals surface area contributed by atoms with Gasteiger partial charge in [-0.2, -0.15) is 0 Å². The molecule has 4 N–H and O–H groups in total. The van der Waals surface area contributed by atoms with Crippen LogP contribution in [-0.4, -0.2) is 75.9 Å². The molecule has 0 rings (SSSR count). The van der Waals surface area contributed by atoms with Crippen molar-refractivity contribution in [1.82, 2.24) is 0 Å². The highest BCUT2D eigenvalue weighted by Gasteiger charge is 2.32. The summed E-state index contributed by atoms with van der Waals surface area (Å²) in [5, 5.41) is 39.7. The molecule has 0 aromatic rings. The third-order valence-corrected chi connectivity index (χ3v) is 5.08. The smallest absolute Gasteiger partial charge is 0.303 e. The highest BCUT2D eigenvalue weighted by atomic mass is 16.4. The van der Waals surface area contributed by atoms with Crippen LogP contribution in [0.4, 0.5) is 0 Å². The van der Waals surface area contributed by atoms with E-state index in [-0.39, 0.29) is 13.0 Å². The summed E-state index contributed by atoms with van der Waals surface area (Å²) in [6.45, 7) is 5.70. The predicted octanol–water partition coefficient (Wildman–Crippen LogP) is 2.87. The Bertz CT molecular complexity index is 424. The third-order valence-electron chi connectivity index (χ3n) is 5.08. The van der Waals surface area contributed by atoms with Crippen LogP contribution in [0.1, 0.15) is 65.2 Å². The Kier molecular flexibility index (Phi) is 16.0. The van der Waals surface area contributed by atoms with Crippen molar-refractivity contribution >= 4 is 5.97 Å². The number of quaternary nitrogens is 1. The second-order valence-electron chi connectivity index (χ2n) is 7.68. The van der Waals surface area contributed by atoms with Crippen molar-refractivity contribution in [3.63, 3.8) is 0 Å². The van der Waals surface area contributed by atoms with E-state index in [0.717, 1.165) is 25.7 Å². The van der Waals surface area contributed by atoms with Gasteiger partial charge in [-0.3, -0.25) is 4.79 Å². The maximum atomic E-state index is 10.9. The van der Waals surface area contributed by atoms with E-state index in [1.165, 1.54) is 0 Å². The van der Waals surface area contributed by atoms with Gasteiger partial charge in [0.2, 0.25) is 0 Å². The topological polar surface area (TPSA) is 98.0 Å². The van der Waals surface area contributed by atoms with Crippen molar-refractivity contribution in [3.05, 3.63) is 24.3 Å². The molecular weight excluding hydrogens is 358 g/mol. The molecule has 0 fully saturated rings. The number of aliphatic hydroxyl groups excluding tert-OH is 3.